The molecule has 0 saturated carbocycles. The molecule has 4 rings (SSSR count). The van der Waals surface area contributed by atoms with Crippen LogP contribution in [0.2, 0.25) is 0 Å². The van der Waals surface area contributed by atoms with Gasteiger partial charge in [0.15, 0.2) is 0 Å². The predicted octanol–water partition coefficient (Wildman–Crippen LogP) is 2.04. The first-order valence-electron chi connectivity index (χ1n) is 9.52. The first-order valence-corrected chi connectivity index (χ1v) is 9.52. The molecule has 2 aromatic rings. The number of amides is 3. The smallest absolute Gasteiger partial charge is 0.319 e. The maximum atomic E-state index is 14.5. The summed E-state index contributed by atoms with van der Waals surface area (Å²) >= 11 is 0. The molecule has 2 aliphatic heterocycles. The molecule has 0 bridgehead atoms. The van der Waals surface area contributed by atoms with Gasteiger partial charge in [-0.1, -0.05) is 30.3 Å². The first-order chi connectivity index (χ1) is 14.9. The van der Waals surface area contributed by atoms with Gasteiger partial charge in [-0.15, -0.1) is 5.10 Å². The third kappa shape index (κ3) is 3.86. The van der Waals surface area contributed by atoms with Crippen LogP contribution in [0, 0.1) is 11.0 Å². The van der Waals surface area contributed by atoms with E-state index in [1.165, 1.54) is 13.0 Å². The second-order valence-electron chi connectivity index (χ2n) is 7.12. The minimum atomic E-state index is -0.911. The highest BCUT2D eigenvalue weighted by Crippen LogP contribution is 2.36. The van der Waals surface area contributed by atoms with Gasteiger partial charge in [-0.3, -0.25) is 4.79 Å². The van der Waals surface area contributed by atoms with Crippen molar-refractivity contribution in [2.45, 2.75) is 26.1 Å². The van der Waals surface area contributed by atoms with E-state index in [1.54, 1.807) is 49.4 Å². The van der Waals surface area contributed by atoms with Gasteiger partial charge in [-0.05, 0) is 19.1 Å². The van der Waals surface area contributed by atoms with Crippen LogP contribution in [0.3, 0.4) is 0 Å². The van der Waals surface area contributed by atoms with Crippen LogP contribution in [-0.2, 0) is 9.53 Å². The van der Waals surface area contributed by atoms with Crippen molar-refractivity contribution in [2.24, 2.45) is 5.10 Å². The third-order valence-electron chi connectivity index (χ3n) is 5.01. The Labute approximate surface area is 177 Å². The molecule has 0 radical (unpaired) electrons. The number of hydrogen-bond acceptors (Lipinski definition) is 5. The van der Waals surface area contributed by atoms with Crippen molar-refractivity contribution >= 4 is 23.5 Å². The molecule has 10 heteroatoms. The van der Waals surface area contributed by atoms with Gasteiger partial charge in [-0.2, -0.15) is 5.01 Å². The van der Waals surface area contributed by atoms with Crippen molar-refractivity contribution in [1.82, 2.24) is 15.6 Å². The van der Waals surface area contributed by atoms with Crippen LogP contribution in [-0.4, -0.2) is 22.8 Å². The number of allylic oxidation sites excluding steroid dienone is 1. The molecule has 31 heavy (non-hydrogen) atoms. The van der Waals surface area contributed by atoms with Crippen molar-refractivity contribution in [2.75, 3.05) is 0 Å². The topological polar surface area (TPSA) is 123 Å². The van der Waals surface area contributed by atoms with Crippen LogP contribution >= 0.6 is 0 Å². The summed E-state index contributed by atoms with van der Waals surface area (Å²) in [5.74, 6) is -0.822. The van der Waals surface area contributed by atoms with E-state index in [2.05, 4.69) is 15.7 Å². The van der Waals surface area contributed by atoms with Crippen molar-refractivity contribution in [3.63, 3.8) is 0 Å². The average molecular weight is 425 g/mol. The molecule has 2 heterocycles. The number of nitrogens with one attached hydrogen (secondary N) is 2. The Balaban J connectivity index is 1.76. The van der Waals surface area contributed by atoms with Crippen LogP contribution in [0.4, 0.5) is 14.9 Å². The summed E-state index contributed by atoms with van der Waals surface area (Å²) in [4.78, 5) is 24.4. The Morgan fingerprint density at radius 3 is 2.74 bits per heavy atom. The number of carbonyl (C=O) groups is 2. The fourth-order valence-corrected chi connectivity index (χ4v) is 3.60. The third-order valence-corrected chi connectivity index (χ3v) is 5.01. The lowest BCUT2D eigenvalue weighted by Gasteiger charge is -2.29. The Hall–Kier alpha value is -3.76. The Kier molecular flexibility index (Phi) is 5.40. The van der Waals surface area contributed by atoms with E-state index >= 15 is 0 Å². The summed E-state index contributed by atoms with van der Waals surface area (Å²) in [5, 5.41) is 22.0. The molecule has 160 valence electrons. The van der Waals surface area contributed by atoms with E-state index in [1.807, 2.05) is 0 Å². The first kappa shape index (κ1) is 20.5. The number of nitrogens with zero attached hydrogens (tertiary/aromatic N) is 2. The molecule has 2 unspecified atom stereocenters. The Morgan fingerprint density at radius 2 is 2.03 bits per heavy atom. The molecule has 0 spiro atoms. The Bertz CT molecular complexity index is 1120. The standard InChI is InChI=1S/C21H20FN5O4/c1-11-17(18(24-21(29)23-11)15-8-3-4-9-16(15)22)19-25-27(12(2)28)20(31-19)13-6-5-7-14(10-13)26-30/h3-10,18,20H,26H2,1-2H3,(H2,23,24,29). The number of hydrazone groups is 1. The van der Waals surface area contributed by atoms with Crippen LogP contribution < -0.4 is 16.1 Å². The summed E-state index contributed by atoms with van der Waals surface area (Å²) in [6.07, 6.45) is -0.911. The molecular formula is C21H20FN5O4. The molecule has 3 amide bonds. The van der Waals surface area contributed by atoms with Gasteiger partial charge in [0.25, 0.3) is 0 Å². The molecule has 9 nitrogen and oxygen atoms in total. The largest absolute Gasteiger partial charge is 0.630 e. The molecule has 2 aliphatic rings. The van der Waals surface area contributed by atoms with Gasteiger partial charge in [0, 0.05) is 29.8 Å². The number of rotatable bonds is 4. The van der Waals surface area contributed by atoms with E-state index in [0.29, 0.717) is 28.0 Å². The molecule has 4 N–H and O–H groups in total. The van der Waals surface area contributed by atoms with Crippen molar-refractivity contribution in [3.8, 4) is 0 Å². The highest BCUT2D eigenvalue weighted by Gasteiger charge is 2.40. The number of quaternary nitrogens is 1. The fourth-order valence-electron chi connectivity index (χ4n) is 3.60. The normalized spacial score (nSPS) is 20.7. The van der Waals surface area contributed by atoms with Gasteiger partial charge in [0.1, 0.15) is 11.5 Å². The zero-order chi connectivity index (χ0) is 22.1. The summed E-state index contributed by atoms with van der Waals surface area (Å²) in [6.45, 7) is 2.98. The lowest BCUT2D eigenvalue weighted by molar-refractivity contribution is -0.497. The van der Waals surface area contributed by atoms with Crippen LogP contribution in [0.15, 0.2) is 64.9 Å². The van der Waals surface area contributed by atoms with Crippen LogP contribution in [0.5, 0.6) is 0 Å². The van der Waals surface area contributed by atoms with Crippen LogP contribution in [0.1, 0.15) is 37.2 Å². The van der Waals surface area contributed by atoms with E-state index in [4.69, 9.17) is 4.74 Å². The molecule has 0 aliphatic carbocycles. The van der Waals surface area contributed by atoms with Gasteiger partial charge in [0.2, 0.25) is 18.0 Å². The number of benzene rings is 2. The highest BCUT2D eigenvalue weighted by molar-refractivity contribution is 6.00. The zero-order valence-electron chi connectivity index (χ0n) is 16.8. The SMILES string of the molecule is CC(=O)N1N=C(C2=C(C)NC(=O)NC2c2ccccc2F)OC1c1cccc([NH2+][O-])c1. The number of nitrogens with two attached hydrogens (primary N) is 1. The molecule has 2 aromatic carbocycles. The van der Waals surface area contributed by atoms with Gasteiger partial charge >= 0.3 is 6.03 Å². The quantitative estimate of drug-likeness (QED) is 0.512. The van der Waals surface area contributed by atoms with Gasteiger partial charge in [0.05, 0.1) is 11.6 Å². The maximum absolute atomic E-state index is 14.5. The lowest BCUT2D eigenvalue weighted by atomic mass is 9.95. The maximum Gasteiger partial charge on any atom is 0.319 e. The zero-order valence-corrected chi connectivity index (χ0v) is 16.8. The highest BCUT2D eigenvalue weighted by atomic mass is 19.1. The number of urea groups is 1. The summed E-state index contributed by atoms with van der Waals surface area (Å²) in [5.41, 5.74) is 2.71. The van der Waals surface area contributed by atoms with Crippen molar-refractivity contribution < 1.29 is 24.2 Å². The van der Waals surface area contributed by atoms with Gasteiger partial charge in [-0.25, -0.2) is 9.18 Å². The minimum Gasteiger partial charge on any atom is -0.630 e. The molecule has 2 atom stereocenters. The molecule has 0 fully saturated rings. The molecular weight excluding hydrogens is 405 g/mol. The molecule has 0 aromatic heterocycles. The number of hydrogen-bond donors (Lipinski definition) is 3. The average Bonchev–Trinajstić information content (AvgIpc) is 3.19. The van der Waals surface area contributed by atoms with E-state index in [9.17, 15) is 19.2 Å². The summed E-state index contributed by atoms with van der Waals surface area (Å²) in [7, 11) is 0. The number of ether oxygens (including phenoxy) is 1. The van der Waals surface area contributed by atoms with E-state index < -0.39 is 24.1 Å². The Morgan fingerprint density at radius 1 is 1.26 bits per heavy atom. The van der Waals surface area contributed by atoms with E-state index in [0.717, 1.165) is 5.01 Å². The summed E-state index contributed by atoms with van der Waals surface area (Å²) in [6, 6.07) is 11.3. The molecule has 0 saturated heterocycles. The second-order valence-corrected chi connectivity index (χ2v) is 7.12. The van der Waals surface area contributed by atoms with E-state index in [-0.39, 0.29) is 17.4 Å². The minimum absolute atomic E-state index is 0.0648. The van der Waals surface area contributed by atoms with Crippen LogP contribution in [0.25, 0.3) is 0 Å². The lowest BCUT2D eigenvalue weighted by Crippen LogP contribution is -2.70. The second kappa shape index (κ2) is 8.17. The van der Waals surface area contributed by atoms with Gasteiger partial charge < -0.3 is 26.1 Å². The van der Waals surface area contributed by atoms with Crippen molar-refractivity contribution in [1.29, 1.82) is 0 Å². The number of carbonyl (C=O) groups excluding carboxylic acids is 2. The monoisotopic (exact) mass is 425 g/mol. The van der Waals surface area contributed by atoms with Crippen molar-refractivity contribution in [3.05, 3.63) is 82.0 Å². The number of halogens is 1. The fraction of sp³-hybridized carbons (Fsp3) is 0.190. The summed E-state index contributed by atoms with van der Waals surface area (Å²) < 4.78 is 20.6. The predicted molar refractivity (Wildman–Crippen MR) is 109 cm³/mol.